The fourth-order valence-corrected chi connectivity index (χ4v) is 3.54. The van der Waals surface area contributed by atoms with Gasteiger partial charge in [0.2, 0.25) is 0 Å². The topological polar surface area (TPSA) is 70.4 Å². The van der Waals surface area contributed by atoms with Gasteiger partial charge in [-0.1, -0.05) is 19.6 Å². The van der Waals surface area contributed by atoms with Crippen LogP contribution in [0.1, 0.15) is 5.69 Å². The van der Waals surface area contributed by atoms with E-state index in [1.54, 1.807) is 0 Å². The van der Waals surface area contributed by atoms with E-state index in [2.05, 4.69) is 24.7 Å². The molecule has 10 heteroatoms. The number of fused-ring (bicyclic) bond motifs is 1. The van der Waals surface area contributed by atoms with Gasteiger partial charge in [-0.25, -0.2) is 13.5 Å². The summed E-state index contributed by atoms with van der Waals surface area (Å²) in [5.74, 6) is -1.46. The van der Waals surface area contributed by atoms with Crippen LogP contribution in [0.5, 0.6) is 0 Å². The first-order valence-corrected chi connectivity index (χ1v) is 13.8. The average Bonchev–Trinajstić information content (AvgIpc) is 2.79. The van der Waals surface area contributed by atoms with Gasteiger partial charge in [0, 0.05) is 32.6 Å². The number of benzene rings is 1. The average molecular weight is 407 g/mol. The summed E-state index contributed by atoms with van der Waals surface area (Å²) in [5.41, 5.74) is 0.490. The highest BCUT2D eigenvalue weighted by molar-refractivity contribution is 7.85. The van der Waals surface area contributed by atoms with Gasteiger partial charge in [0.05, 0.1) is 18.6 Å². The summed E-state index contributed by atoms with van der Waals surface area (Å²) in [6.07, 6.45) is 1.05. The minimum Gasteiger partial charge on any atom is -0.360 e. The van der Waals surface area contributed by atoms with Gasteiger partial charge in [-0.3, -0.25) is 4.18 Å². The van der Waals surface area contributed by atoms with Crippen LogP contribution in [0.2, 0.25) is 25.7 Å². The second-order valence-electron chi connectivity index (χ2n) is 7.35. The molecule has 2 rings (SSSR count). The molecule has 1 aromatic carbocycles. The second-order valence-corrected chi connectivity index (χ2v) is 14.6. The zero-order valence-corrected chi connectivity index (χ0v) is 17.2. The van der Waals surface area contributed by atoms with Gasteiger partial charge < -0.3 is 4.74 Å². The van der Waals surface area contributed by atoms with E-state index in [9.17, 15) is 17.2 Å². The molecule has 0 radical (unpaired) electrons. The quantitative estimate of drug-likeness (QED) is 0.363. The van der Waals surface area contributed by atoms with Gasteiger partial charge in [0.25, 0.3) is 10.1 Å². The van der Waals surface area contributed by atoms with E-state index in [1.807, 2.05) is 0 Å². The fourth-order valence-electron chi connectivity index (χ4n) is 2.40. The molecule has 0 fully saturated rings. The Morgan fingerprint density at radius 3 is 2.50 bits per heavy atom. The summed E-state index contributed by atoms with van der Waals surface area (Å²) in [6.45, 7) is 7.09. The number of ether oxygens (including phenoxy) is 1. The first kappa shape index (κ1) is 20.9. The molecule has 0 unspecified atom stereocenters. The normalized spacial score (nSPS) is 12.8. The molecule has 1 aromatic heterocycles. The van der Waals surface area contributed by atoms with E-state index in [4.69, 9.17) is 8.92 Å². The third kappa shape index (κ3) is 6.11. The maximum Gasteiger partial charge on any atom is 0.264 e. The van der Waals surface area contributed by atoms with Crippen molar-refractivity contribution in [3.8, 4) is 0 Å². The Balaban J connectivity index is 2.20. The third-order valence-corrected chi connectivity index (χ3v) is 5.98. The number of hydrogen-bond donors (Lipinski definition) is 0. The molecule has 0 N–H and O–H groups in total. The van der Waals surface area contributed by atoms with Crippen LogP contribution < -0.4 is 0 Å². The molecule has 0 bridgehead atoms. The first-order chi connectivity index (χ1) is 12.0. The van der Waals surface area contributed by atoms with Crippen molar-refractivity contribution >= 4 is 29.1 Å². The maximum absolute atomic E-state index is 14.3. The predicted molar refractivity (Wildman–Crippen MR) is 98.3 cm³/mol. The van der Waals surface area contributed by atoms with Crippen LogP contribution in [0.25, 0.3) is 10.9 Å². The standard InChI is InChI=1S/C16H24F2N2O4SSi/c1-25(21,22)24-6-5-15-13-9-12(17)10-14(18)16(13)20(19-15)11-23-7-8-26(2,3)4/h9-10H,5-8,11H2,1-4H3. The number of nitrogens with zero attached hydrogens (tertiary/aromatic N) is 2. The van der Waals surface area contributed by atoms with E-state index in [1.165, 1.54) is 10.7 Å². The molecule has 6 nitrogen and oxygen atoms in total. The Hall–Kier alpha value is -1.36. The summed E-state index contributed by atoms with van der Waals surface area (Å²) in [7, 11) is -4.84. The molecule has 2 aromatic rings. The SMILES string of the molecule is C[Si](C)(C)CCOCn1nc(CCOS(C)(=O)=O)c2cc(F)cc(F)c21. The van der Waals surface area contributed by atoms with Crippen LogP contribution in [0.4, 0.5) is 8.78 Å². The molecule has 1 heterocycles. The molecular weight excluding hydrogens is 382 g/mol. The van der Waals surface area contributed by atoms with Crippen molar-refractivity contribution < 1.29 is 26.1 Å². The number of hydrogen-bond acceptors (Lipinski definition) is 5. The van der Waals surface area contributed by atoms with Crippen LogP contribution in [0.3, 0.4) is 0 Å². The molecule has 0 saturated carbocycles. The fraction of sp³-hybridized carbons (Fsp3) is 0.562. The van der Waals surface area contributed by atoms with Crippen LogP contribution in [0.15, 0.2) is 12.1 Å². The van der Waals surface area contributed by atoms with E-state index >= 15 is 0 Å². The predicted octanol–water partition coefficient (Wildman–Crippen LogP) is 3.15. The summed E-state index contributed by atoms with van der Waals surface area (Å²) in [4.78, 5) is 0. The molecule has 0 saturated heterocycles. The van der Waals surface area contributed by atoms with Crippen molar-refractivity contribution in [2.24, 2.45) is 0 Å². The van der Waals surface area contributed by atoms with Gasteiger partial charge in [-0.05, 0) is 12.1 Å². The lowest BCUT2D eigenvalue weighted by Crippen LogP contribution is -2.22. The Morgan fingerprint density at radius 1 is 1.19 bits per heavy atom. The van der Waals surface area contributed by atoms with E-state index < -0.39 is 29.8 Å². The summed E-state index contributed by atoms with van der Waals surface area (Å²) in [5, 5.41) is 4.55. The van der Waals surface area contributed by atoms with Gasteiger partial charge in [-0.2, -0.15) is 13.5 Å². The molecule has 0 spiro atoms. The van der Waals surface area contributed by atoms with Gasteiger partial charge >= 0.3 is 0 Å². The molecule has 0 aliphatic rings. The van der Waals surface area contributed by atoms with Crippen molar-refractivity contribution in [3.63, 3.8) is 0 Å². The van der Waals surface area contributed by atoms with Crippen LogP contribution in [0, 0.1) is 11.6 Å². The minimum absolute atomic E-state index is 0.0382. The Bertz CT molecular complexity index is 878. The highest BCUT2D eigenvalue weighted by Crippen LogP contribution is 2.24. The molecule has 0 amide bonds. The minimum atomic E-state index is -3.59. The molecule has 146 valence electrons. The van der Waals surface area contributed by atoms with E-state index in [0.717, 1.165) is 18.4 Å². The second kappa shape index (κ2) is 8.11. The monoisotopic (exact) mass is 406 g/mol. The highest BCUT2D eigenvalue weighted by atomic mass is 32.2. The van der Waals surface area contributed by atoms with Crippen LogP contribution >= 0.6 is 0 Å². The first-order valence-electron chi connectivity index (χ1n) is 8.23. The van der Waals surface area contributed by atoms with Gasteiger partial charge in [0.15, 0.2) is 5.82 Å². The Kier molecular flexibility index (Phi) is 6.54. The number of aromatic nitrogens is 2. The molecule has 0 atom stereocenters. The summed E-state index contributed by atoms with van der Waals surface area (Å²) < 4.78 is 61.6. The molecular formula is C16H24F2N2O4SSi. The zero-order valence-electron chi connectivity index (χ0n) is 15.4. The smallest absolute Gasteiger partial charge is 0.264 e. The van der Waals surface area contributed by atoms with Crippen molar-refractivity contribution in [1.29, 1.82) is 0 Å². The Morgan fingerprint density at radius 2 is 1.88 bits per heavy atom. The number of halogens is 2. The molecule has 0 aliphatic carbocycles. The lowest BCUT2D eigenvalue weighted by Gasteiger charge is -2.15. The number of rotatable bonds is 9. The largest absolute Gasteiger partial charge is 0.360 e. The van der Waals surface area contributed by atoms with Crippen molar-refractivity contribution in [2.45, 2.75) is 38.8 Å². The van der Waals surface area contributed by atoms with Crippen molar-refractivity contribution in [2.75, 3.05) is 19.5 Å². The van der Waals surface area contributed by atoms with Crippen LogP contribution in [-0.2, 0) is 32.2 Å². The van der Waals surface area contributed by atoms with E-state index in [0.29, 0.717) is 12.3 Å². The maximum atomic E-state index is 14.3. The van der Waals surface area contributed by atoms with Crippen LogP contribution in [-0.4, -0.2) is 45.7 Å². The zero-order chi connectivity index (χ0) is 19.5. The Labute approximate surface area is 153 Å². The molecule has 0 aliphatic heterocycles. The highest BCUT2D eigenvalue weighted by Gasteiger charge is 2.18. The van der Waals surface area contributed by atoms with E-state index in [-0.39, 0.29) is 30.7 Å². The third-order valence-electron chi connectivity index (χ3n) is 3.68. The van der Waals surface area contributed by atoms with Gasteiger partial charge in [-0.15, -0.1) is 0 Å². The van der Waals surface area contributed by atoms with Crippen molar-refractivity contribution in [3.05, 3.63) is 29.5 Å². The lowest BCUT2D eigenvalue weighted by molar-refractivity contribution is 0.0809. The summed E-state index contributed by atoms with van der Waals surface area (Å²) >= 11 is 0. The van der Waals surface area contributed by atoms with Crippen molar-refractivity contribution in [1.82, 2.24) is 9.78 Å². The lowest BCUT2D eigenvalue weighted by atomic mass is 10.1. The van der Waals surface area contributed by atoms with Gasteiger partial charge in [0.1, 0.15) is 18.1 Å². The molecule has 26 heavy (non-hydrogen) atoms. The summed E-state index contributed by atoms with van der Waals surface area (Å²) in [6, 6.07) is 2.93.